The third-order valence-corrected chi connectivity index (χ3v) is 3.62. The van der Waals surface area contributed by atoms with Crippen LogP contribution in [0.3, 0.4) is 0 Å². The molecule has 0 radical (unpaired) electrons. The number of primary amides is 1. The van der Waals surface area contributed by atoms with Gasteiger partial charge in [-0.05, 0) is 35.9 Å². The molecule has 0 aliphatic rings. The van der Waals surface area contributed by atoms with E-state index in [-0.39, 0.29) is 23.0 Å². The standard InChI is InChI=1S/C19H16ClN3O4/c1-26-15-4-2-3-14(9-15)23-19(25)13(10-21)7-12-5-6-17(16(20)8-12)27-11-18(22)24/h2-9H,11H2,1H3,(H2,22,24)(H,23,25). The zero-order chi connectivity index (χ0) is 19.8. The normalized spacial score (nSPS) is 10.6. The van der Waals surface area contributed by atoms with Crippen LogP contribution in [0.4, 0.5) is 5.69 Å². The molecule has 0 saturated heterocycles. The number of nitrogens with zero attached hydrogens (tertiary/aromatic N) is 1. The molecule has 2 amide bonds. The Morgan fingerprint density at radius 2 is 2.07 bits per heavy atom. The van der Waals surface area contributed by atoms with Crippen LogP contribution in [0, 0.1) is 11.3 Å². The van der Waals surface area contributed by atoms with Gasteiger partial charge in [-0.25, -0.2) is 0 Å². The molecule has 27 heavy (non-hydrogen) atoms. The molecule has 0 aromatic heterocycles. The summed E-state index contributed by atoms with van der Waals surface area (Å²) in [6, 6.07) is 13.2. The summed E-state index contributed by atoms with van der Waals surface area (Å²) in [5.41, 5.74) is 5.91. The van der Waals surface area contributed by atoms with Crippen molar-refractivity contribution < 1.29 is 19.1 Å². The molecule has 2 aromatic carbocycles. The van der Waals surface area contributed by atoms with E-state index < -0.39 is 11.8 Å². The van der Waals surface area contributed by atoms with Crippen LogP contribution in [0.2, 0.25) is 5.02 Å². The van der Waals surface area contributed by atoms with Gasteiger partial charge in [-0.15, -0.1) is 0 Å². The summed E-state index contributed by atoms with van der Waals surface area (Å²) in [6.07, 6.45) is 1.39. The van der Waals surface area contributed by atoms with E-state index in [0.29, 0.717) is 17.0 Å². The van der Waals surface area contributed by atoms with E-state index in [0.717, 1.165) is 0 Å². The number of carbonyl (C=O) groups excluding carboxylic acids is 2. The average Bonchev–Trinajstić information content (AvgIpc) is 2.65. The number of hydrogen-bond donors (Lipinski definition) is 2. The molecule has 138 valence electrons. The number of methoxy groups -OCH3 is 1. The van der Waals surface area contributed by atoms with E-state index in [9.17, 15) is 14.9 Å². The largest absolute Gasteiger partial charge is 0.497 e. The maximum Gasteiger partial charge on any atom is 0.266 e. The van der Waals surface area contributed by atoms with Gasteiger partial charge in [0.25, 0.3) is 11.8 Å². The summed E-state index contributed by atoms with van der Waals surface area (Å²) >= 11 is 6.08. The smallest absolute Gasteiger partial charge is 0.266 e. The fourth-order valence-corrected chi connectivity index (χ4v) is 2.33. The van der Waals surface area contributed by atoms with Crippen LogP contribution in [-0.2, 0) is 9.59 Å². The zero-order valence-corrected chi connectivity index (χ0v) is 15.1. The predicted octanol–water partition coefficient (Wildman–Crippen LogP) is 2.76. The summed E-state index contributed by atoms with van der Waals surface area (Å²) < 4.78 is 10.2. The molecule has 0 aliphatic carbocycles. The number of nitrogens with one attached hydrogen (secondary N) is 1. The molecule has 0 aliphatic heterocycles. The molecular formula is C19H16ClN3O4. The lowest BCUT2D eigenvalue weighted by atomic mass is 10.1. The molecule has 0 unspecified atom stereocenters. The van der Waals surface area contributed by atoms with Gasteiger partial charge in [0, 0.05) is 11.8 Å². The fraction of sp³-hybridized carbons (Fsp3) is 0.105. The lowest BCUT2D eigenvalue weighted by Crippen LogP contribution is -2.20. The van der Waals surface area contributed by atoms with Crippen molar-refractivity contribution in [3.8, 4) is 17.6 Å². The molecule has 0 saturated carbocycles. The second-order valence-corrected chi connectivity index (χ2v) is 5.71. The Morgan fingerprint density at radius 3 is 2.70 bits per heavy atom. The third kappa shape index (κ3) is 5.76. The van der Waals surface area contributed by atoms with E-state index in [1.165, 1.54) is 25.3 Å². The van der Waals surface area contributed by atoms with Crippen LogP contribution in [0.15, 0.2) is 48.0 Å². The highest BCUT2D eigenvalue weighted by Crippen LogP contribution is 2.26. The minimum absolute atomic E-state index is 0.111. The summed E-state index contributed by atoms with van der Waals surface area (Å²) in [6.45, 7) is -0.304. The van der Waals surface area contributed by atoms with Crippen molar-refractivity contribution in [1.29, 1.82) is 5.26 Å². The van der Waals surface area contributed by atoms with Gasteiger partial charge in [0.1, 0.15) is 23.1 Å². The Balaban J connectivity index is 2.17. The van der Waals surface area contributed by atoms with Crippen LogP contribution in [-0.4, -0.2) is 25.5 Å². The van der Waals surface area contributed by atoms with Gasteiger partial charge in [0.05, 0.1) is 12.1 Å². The van der Waals surface area contributed by atoms with Crippen molar-refractivity contribution in [1.82, 2.24) is 0 Å². The number of nitrogens with two attached hydrogens (primary N) is 1. The summed E-state index contributed by atoms with van der Waals surface area (Å²) in [5.74, 6) is -0.354. The van der Waals surface area contributed by atoms with Gasteiger partial charge in [-0.2, -0.15) is 5.26 Å². The first-order valence-corrected chi connectivity index (χ1v) is 8.08. The first-order valence-electron chi connectivity index (χ1n) is 7.70. The van der Waals surface area contributed by atoms with Gasteiger partial charge in [0.15, 0.2) is 6.61 Å². The van der Waals surface area contributed by atoms with E-state index in [1.807, 2.05) is 6.07 Å². The summed E-state index contributed by atoms with van der Waals surface area (Å²) in [7, 11) is 1.52. The SMILES string of the molecule is COc1cccc(NC(=O)C(C#N)=Cc2ccc(OCC(N)=O)c(Cl)c2)c1. The maximum atomic E-state index is 12.3. The first-order chi connectivity index (χ1) is 12.9. The number of rotatable bonds is 7. The second-order valence-electron chi connectivity index (χ2n) is 5.30. The van der Waals surface area contributed by atoms with Crippen molar-refractivity contribution in [3.05, 3.63) is 58.6 Å². The van der Waals surface area contributed by atoms with Gasteiger partial charge in [-0.3, -0.25) is 9.59 Å². The number of ether oxygens (including phenoxy) is 2. The molecule has 3 N–H and O–H groups in total. The lowest BCUT2D eigenvalue weighted by molar-refractivity contribution is -0.120. The number of halogens is 1. The third-order valence-electron chi connectivity index (χ3n) is 3.33. The van der Waals surface area contributed by atoms with Crippen LogP contribution in [0.5, 0.6) is 11.5 Å². The number of amides is 2. The molecule has 8 heteroatoms. The molecule has 0 heterocycles. The molecule has 0 spiro atoms. The average molecular weight is 386 g/mol. The quantitative estimate of drug-likeness (QED) is 0.561. The van der Waals surface area contributed by atoms with Gasteiger partial charge in [0.2, 0.25) is 0 Å². The molecular weight excluding hydrogens is 370 g/mol. The molecule has 7 nitrogen and oxygen atoms in total. The van der Waals surface area contributed by atoms with E-state index in [1.54, 1.807) is 30.3 Å². The van der Waals surface area contributed by atoms with E-state index >= 15 is 0 Å². The first kappa shape index (κ1) is 19.8. The topological polar surface area (TPSA) is 114 Å². The predicted molar refractivity (Wildman–Crippen MR) is 101 cm³/mol. The number of hydrogen-bond acceptors (Lipinski definition) is 5. The van der Waals surface area contributed by atoms with E-state index in [2.05, 4.69) is 5.32 Å². The molecule has 0 bridgehead atoms. The second kappa shape index (κ2) is 9.27. The van der Waals surface area contributed by atoms with E-state index in [4.69, 9.17) is 26.8 Å². The Labute approximate surface area is 160 Å². The van der Waals surface area contributed by atoms with Gasteiger partial charge < -0.3 is 20.5 Å². The highest BCUT2D eigenvalue weighted by Gasteiger charge is 2.11. The van der Waals surface area contributed by atoms with Gasteiger partial charge in [-0.1, -0.05) is 23.7 Å². The zero-order valence-electron chi connectivity index (χ0n) is 14.4. The minimum Gasteiger partial charge on any atom is -0.497 e. The van der Waals surface area contributed by atoms with Crippen LogP contribution >= 0.6 is 11.6 Å². The van der Waals surface area contributed by atoms with Crippen molar-refractivity contribution in [2.75, 3.05) is 19.0 Å². The van der Waals surface area contributed by atoms with Crippen LogP contribution in [0.25, 0.3) is 6.08 Å². The van der Waals surface area contributed by atoms with Crippen molar-refractivity contribution in [3.63, 3.8) is 0 Å². The Hall–Kier alpha value is -3.50. The van der Waals surface area contributed by atoms with Crippen LogP contribution < -0.4 is 20.5 Å². The number of nitriles is 1. The molecule has 0 fully saturated rings. The van der Waals surface area contributed by atoms with Crippen molar-refractivity contribution in [2.24, 2.45) is 5.73 Å². The van der Waals surface area contributed by atoms with Gasteiger partial charge >= 0.3 is 0 Å². The Morgan fingerprint density at radius 1 is 1.30 bits per heavy atom. The minimum atomic E-state index is -0.629. The number of carbonyl (C=O) groups is 2. The molecule has 2 rings (SSSR count). The summed E-state index contributed by atoms with van der Waals surface area (Å²) in [5, 5.41) is 12.1. The lowest BCUT2D eigenvalue weighted by Gasteiger charge is -2.08. The highest BCUT2D eigenvalue weighted by atomic mass is 35.5. The van der Waals surface area contributed by atoms with Crippen molar-refractivity contribution in [2.45, 2.75) is 0 Å². The Kier molecular flexibility index (Phi) is 6.80. The maximum absolute atomic E-state index is 12.3. The fourth-order valence-electron chi connectivity index (χ4n) is 2.09. The monoisotopic (exact) mass is 385 g/mol. The summed E-state index contributed by atoms with van der Waals surface area (Å²) in [4.78, 5) is 23.1. The molecule has 0 atom stereocenters. The van der Waals surface area contributed by atoms with Crippen LogP contribution in [0.1, 0.15) is 5.56 Å². The molecule has 2 aromatic rings. The number of anilines is 1. The Bertz CT molecular complexity index is 935. The van der Waals surface area contributed by atoms with Crippen molar-refractivity contribution >= 4 is 35.2 Å². The number of benzene rings is 2. The highest BCUT2D eigenvalue weighted by molar-refractivity contribution is 6.32.